The van der Waals surface area contributed by atoms with Gasteiger partial charge in [0.05, 0.1) is 3.57 Å². The van der Waals surface area contributed by atoms with E-state index in [0.29, 0.717) is 3.57 Å². The Kier molecular flexibility index (Phi) is 2.68. The molecular formula is C7H5BrFI. The zero-order chi connectivity index (χ0) is 7.72. The van der Waals surface area contributed by atoms with Crippen molar-refractivity contribution in [3.05, 3.63) is 31.6 Å². The third-order valence-electron chi connectivity index (χ3n) is 1.27. The predicted molar refractivity (Wildman–Crippen MR) is 51.6 cm³/mol. The summed E-state index contributed by atoms with van der Waals surface area (Å²) in [7, 11) is 0. The van der Waals surface area contributed by atoms with Crippen LogP contribution < -0.4 is 0 Å². The van der Waals surface area contributed by atoms with Gasteiger partial charge in [0.25, 0.3) is 0 Å². The molecule has 0 spiro atoms. The number of hydrogen-bond donors (Lipinski definition) is 0. The Labute approximate surface area is 81.1 Å². The monoisotopic (exact) mass is 314 g/mol. The van der Waals surface area contributed by atoms with Gasteiger partial charge in [0.1, 0.15) is 5.82 Å². The van der Waals surface area contributed by atoms with Gasteiger partial charge in [-0.2, -0.15) is 0 Å². The van der Waals surface area contributed by atoms with E-state index >= 15 is 0 Å². The van der Waals surface area contributed by atoms with Crippen molar-refractivity contribution in [2.45, 2.75) is 6.92 Å². The van der Waals surface area contributed by atoms with Crippen LogP contribution in [0.5, 0.6) is 0 Å². The van der Waals surface area contributed by atoms with Gasteiger partial charge in [0.2, 0.25) is 0 Å². The minimum absolute atomic E-state index is 0.152. The lowest BCUT2D eigenvalue weighted by atomic mass is 10.2. The predicted octanol–water partition coefficient (Wildman–Crippen LogP) is 3.50. The minimum Gasteiger partial charge on any atom is -0.206 e. The summed E-state index contributed by atoms with van der Waals surface area (Å²) in [5.74, 6) is -0.152. The summed E-state index contributed by atoms with van der Waals surface area (Å²) in [6, 6.07) is 3.17. The van der Waals surface area contributed by atoms with E-state index in [4.69, 9.17) is 0 Å². The standard InChI is InChI=1S/C7H5BrFI/c1-4-5(8)2-3-6(9)7(4)10/h2-3H,1H3. The summed E-state index contributed by atoms with van der Waals surface area (Å²) >= 11 is 5.30. The Bertz CT molecular complexity index is 233. The van der Waals surface area contributed by atoms with E-state index in [9.17, 15) is 4.39 Å². The molecule has 0 fully saturated rings. The highest BCUT2D eigenvalue weighted by atomic mass is 127. The number of halogens is 3. The van der Waals surface area contributed by atoms with Gasteiger partial charge in [-0.1, -0.05) is 15.9 Å². The largest absolute Gasteiger partial charge is 0.206 e. The quantitative estimate of drug-likeness (QED) is 0.508. The second kappa shape index (κ2) is 3.17. The first kappa shape index (κ1) is 8.46. The Hall–Kier alpha value is 0.360. The fourth-order valence-electron chi connectivity index (χ4n) is 0.628. The van der Waals surface area contributed by atoms with Crippen molar-refractivity contribution < 1.29 is 4.39 Å². The lowest BCUT2D eigenvalue weighted by molar-refractivity contribution is 0.618. The highest BCUT2D eigenvalue weighted by Gasteiger charge is 2.03. The highest BCUT2D eigenvalue weighted by molar-refractivity contribution is 14.1. The first-order valence-corrected chi connectivity index (χ1v) is 4.60. The van der Waals surface area contributed by atoms with Crippen molar-refractivity contribution in [2.24, 2.45) is 0 Å². The molecule has 0 atom stereocenters. The summed E-state index contributed by atoms with van der Waals surface area (Å²) in [5, 5.41) is 0. The van der Waals surface area contributed by atoms with Gasteiger partial charge in [-0.05, 0) is 47.2 Å². The van der Waals surface area contributed by atoms with E-state index in [1.165, 1.54) is 6.07 Å². The first-order chi connectivity index (χ1) is 4.63. The molecule has 0 aliphatic rings. The summed E-state index contributed by atoms with van der Waals surface area (Å²) in [6.07, 6.45) is 0. The number of benzene rings is 1. The molecule has 1 aromatic carbocycles. The second-order valence-electron chi connectivity index (χ2n) is 1.97. The number of rotatable bonds is 0. The summed E-state index contributed by atoms with van der Waals surface area (Å²) in [5.41, 5.74) is 0.959. The Morgan fingerprint density at radius 2 is 2.10 bits per heavy atom. The second-order valence-corrected chi connectivity index (χ2v) is 3.90. The van der Waals surface area contributed by atoms with E-state index in [0.717, 1.165) is 10.0 Å². The van der Waals surface area contributed by atoms with Gasteiger partial charge in [-0.15, -0.1) is 0 Å². The third kappa shape index (κ3) is 1.50. The van der Waals surface area contributed by atoms with Gasteiger partial charge in [-0.25, -0.2) is 4.39 Å². The van der Waals surface area contributed by atoms with E-state index in [1.807, 2.05) is 29.5 Å². The van der Waals surface area contributed by atoms with Crippen LogP contribution >= 0.6 is 38.5 Å². The first-order valence-electron chi connectivity index (χ1n) is 2.73. The normalized spacial score (nSPS) is 10.0. The molecule has 10 heavy (non-hydrogen) atoms. The van der Waals surface area contributed by atoms with Crippen molar-refractivity contribution in [1.82, 2.24) is 0 Å². The topological polar surface area (TPSA) is 0 Å². The molecule has 0 saturated carbocycles. The third-order valence-corrected chi connectivity index (χ3v) is 3.46. The number of hydrogen-bond acceptors (Lipinski definition) is 0. The van der Waals surface area contributed by atoms with Crippen molar-refractivity contribution in [2.75, 3.05) is 0 Å². The molecule has 0 aliphatic heterocycles. The average molecular weight is 315 g/mol. The Balaban J connectivity index is 3.34. The minimum atomic E-state index is -0.152. The van der Waals surface area contributed by atoms with Gasteiger partial charge >= 0.3 is 0 Å². The lowest BCUT2D eigenvalue weighted by Gasteiger charge is -2.00. The van der Waals surface area contributed by atoms with Crippen LogP contribution in [0.3, 0.4) is 0 Å². The van der Waals surface area contributed by atoms with Gasteiger partial charge in [-0.3, -0.25) is 0 Å². The summed E-state index contributed by atoms with van der Waals surface area (Å²) < 4.78 is 14.4. The molecule has 0 bridgehead atoms. The van der Waals surface area contributed by atoms with E-state index < -0.39 is 0 Å². The molecule has 0 amide bonds. The van der Waals surface area contributed by atoms with Crippen LogP contribution in [0, 0.1) is 16.3 Å². The highest BCUT2D eigenvalue weighted by Crippen LogP contribution is 2.23. The maximum atomic E-state index is 12.7. The molecule has 0 saturated heterocycles. The molecule has 54 valence electrons. The molecule has 0 radical (unpaired) electrons. The fraction of sp³-hybridized carbons (Fsp3) is 0.143. The SMILES string of the molecule is Cc1c(Br)ccc(F)c1I. The molecule has 0 heterocycles. The van der Waals surface area contributed by atoms with Crippen LogP contribution in [0.1, 0.15) is 5.56 Å². The molecule has 0 nitrogen and oxygen atoms in total. The molecule has 1 aromatic rings. The van der Waals surface area contributed by atoms with E-state index in [2.05, 4.69) is 15.9 Å². The molecule has 0 N–H and O–H groups in total. The van der Waals surface area contributed by atoms with Crippen molar-refractivity contribution in [1.29, 1.82) is 0 Å². The average Bonchev–Trinajstić information content (AvgIpc) is 1.93. The molecule has 1 rings (SSSR count). The summed E-state index contributed by atoms with van der Waals surface area (Å²) in [6.45, 7) is 1.88. The molecule has 0 aliphatic carbocycles. The van der Waals surface area contributed by atoms with Gasteiger partial charge in [0, 0.05) is 4.47 Å². The smallest absolute Gasteiger partial charge is 0.136 e. The lowest BCUT2D eigenvalue weighted by Crippen LogP contribution is -1.86. The van der Waals surface area contributed by atoms with Gasteiger partial charge < -0.3 is 0 Å². The van der Waals surface area contributed by atoms with Crippen molar-refractivity contribution in [3.63, 3.8) is 0 Å². The van der Waals surface area contributed by atoms with Crippen LogP contribution in [-0.2, 0) is 0 Å². The van der Waals surface area contributed by atoms with E-state index in [-0.39, 0.29) is 5.82 Å². The van der Waals surface area contributed by atoms with E-state index in [1.54, 1.807) is 6.07 Å². The van der Waals surface area contributed by atoms with Crippen LogP contribution in [0.4, 0.5) is 4.39 Å². The van der Waals surface area contributed by atoms with Crippen molar-refractivity contribution in [3.8, 4) is 0 Å². The molecule has 0 aromatic heterocycles. The zero-order valence-corrected chi connectivity index (χ0v) is 9.03. The van der Waals surface area contributed by atoms with Crippen molar-refractivity contribution >= 4 is 38.5 Å². The molecule has 0 unspecified atom stereocenters. The summed E-state index contributed by atoms with van der Waals surface area (Å²) in [4.78, 5) is 0. The molecule has 3 heteroatoms. The zero-order valence-electron chi connectivity index (χ0n) is 5.29. The Morgan fingerprint density at radius 1 is 1.50 bits per heavy atom. The Morgan fingerprint density at radius 3 is 2.60 bits per heavy atom. The fourth-order valence-corrected chi connectivity index (χ4v) is 1.80. The van der Waals surface area contributed by atoms with Crippen LogP contribution in [0.15, 0.2) is 16.6 Å². The maximum absolute atomic E-state index is 12.7. The van der Waals surface area contributed by atoms with Gasteiger partial charge in [0.15, 0.2) is 0 Å². The maximum Gasteiger partial charge on any atom is 0.136 e. The van der Waals surface area contributed by atoms with Crippen LogP contribution in [-0.4, -0.2) is 0 Å². The van der Waals surface area contributed by atoms with Crippen LogP contribution in [0.25, 0.3) is 0 Å². The molecular weight excluding hydrogens is 310 g/mol. The van der Waals surface area contributed by atoms with Crippen LogP contribution in [0.2, 0.25) is 0 Å².